The smallest absolute Gasteiger partial charge is 0.226 e. The Morgan fingerprint density at radius 3 is 2.76 bits per heavy atom. The predicted octanol–water partition coefficient (Wildman–Crippen LogP) is 4.26. The first-order chi connectivity index (χ1) is 10.2. The Hall–Kier alpha value is -1.11. The van der Waals surface area contributed by atoms with E-state index in [2.05, 4.69) is 15.5 Å². The van der Waals surface area contributed by atoms with Crippen LogP contribution in [0.1, 0.15) is 24.8 Å². The highest BCUT2D eigenvalue weighted by atomic mass is 35.5. The fraction of sp³-hybridized carbons (Fsp3) is 0.357. The predicted molar refractivity (Wildman–Crippen MR) is 89.3 cm³/mol. The van der Waals surface area contributed by atoms with Gasteiger partial charge in [-0.25, -0.2) is 0 Å². The molecule has 4 nitrogen and oxygen atoms in total. The minimum atomic E-state index is -0.00879. The summed E-state index contributed by atoms with van der Waals surface area (Å²) in [5.41, 5.74) is 0. The topological polar surface area (TPSA) is 54.9 Å². The second kappa shape index (κ2) is 8.36. The van der Waals surface area contributed by atoms with Crippen molar-refractivity contribution in [1.29, 1.82) is 0 Å². The molecule has 0 fully saturated rings. The van der Waals surface area contributed by atoms with Crippen molar-refractivity contribution in [2.24, 2.45) is 0 Å². The summed E-state index contributed by atoms with van der Waals surface area (Å²) in [6.45, 7) is 2.01. The van der Waals surface area contributed by atoms with E-state index in [-0.39, 0.29) is 5.91 Å². The van der Waals surface area contributed by atoms with E-state index in [1.807, 2.05) is 31.2 Å². The first-order valence-electron chi connectivity index (χ1n) is 6.68. The van der Waals surface area contributed by atoms with Crippen LogP contribution in [-0.2, 0) is 11.2 Å². The van der Waals surface area contributed by atoms with E-state index in [0.717, 1.165) is 33.5 Å². The second-order valence-electron chi connectivity index (χ2n) is 4.31. The largest absolute Gasteiger partial charge is 0.301 e. The van der Waals surface area contributed by atoms with Crippen molar-refractivity contribution in [3.05, 3.63) is 34.3 Å². The number of halogens is 1. The third-order valence-electron chi connectivity index (χ3n) is 2.65. The maximum absolute atomic E-state index is 11.8. The van der Waals surface area contributed by atoms with E-state index in [1.165, 1.54) is 11.3 Å². The van der Waals surface area contributed by atoms with E-state index in [4.69, 9.17) is 11.6 Å². The van der Waals surface area contributed by atoms with Gasteiger partial charge in [0.2, 0.25) is 11.0 Å². The molecule has 2 rings (SSSR count). The zero-order chi connectivity index (χ0) is 15.1. The number of benzene rings is 1. The number of nitrogens with one attached hydrogen (secondary N) is 1. The quantitative estimate of drug-likeness (QED) is 0.603. The van der Waals surface area contributed by atoms with Crippen LogP contribution in [0, 0.1) is 0 Å². The summed E-state index contributed by atoms with van der Waals surface area (Å²) in [7, 11) is 0. The van der Waals surface area contributed by atoms with Gasteiger partial charge in [-0.15, -0.1) is 22.0 Å². The molecule has 0 radical (unpaired) electrons. The second-order valence-corrected chi connectivity index (χ2v) is 6.98. The summed E-state index contributed by atoms with van der Waals surface area (Å²) < 4.78 is 0. The van der Waals surface area contributed by atoms with Crippen molar-refractivity contribution >= 4 is 45.7 Å². The lowest BCUT2D eigenvalue weighted by molar-refractivity contribution is -0.116. The van der Waals surface area contributed by atoms with Crippen LogP contribution in [0.3, 0.4) is 0 Å². The Morgan fingerprint density at radius 2 is 2.10 bits per heavy atom. The molecular weight excluding hydrogens is 326 g/mol. The van der Waals surface area contributed by atoms with Gasteiger partial charge in [0.05, 0.1) is 0 Å². The van der Waals surface area contributed by atoms with Gasteiger partial charge < -0.3 is 5.32 Å². The van der Waals surface area contributed by atoms with Crippen LogP contribution in [0.2, 0.25) is 5.02 Å². The molecule has 0 spiro atoms. The fourth-order valence-electron chi connectivity index (χ4n) is 1.58. The summed E-state index contributed by atoms with van der Waals surface area (Å²) in [6, 6.07) is 7.72. The minimum Gasteiger partial charge on any atom is -0.301 e. The average molecular weight is 342 g/mol. The molecule has 0 aliphatic carbocycles. The SMILES string of the molecule is CCc1nnc(NC(=O)CCCSc2ccc(Cl)cc2)s1. The zero-order valence-electron chi connectivity index (χ0n) is 11.6. The number of anilines is 1. The molecule has 7 heteroatoms. The number of nitrogens with zero attached hydrogens (tertiary/aromatic N) is 2. The minimum absolute atomic E-state index is 0.00879. The van der Waals surface area contributed by atoms with E-state index in [9.17, 15) is 4.79 Å². The molecule has 21 heavy (non-hydrogen) atoms. The summed E-state index contributed by atoms with van der Waals surface area (Å²) in [5, 5.41) is 12.9. The van der Waals surface area contributed by atoms with Gasteiger partial charge in [-0.3, -0.25) is 4.79 Å². The van der Waals surface area contributed by atoms with Crippen LogP contribution in [0.4, 0.5) is 5.13 Å². The Bertz CT molecular complexity index is 586. The molecule has 1 aromatic carbocycles. The van der Waals surface area contributed by atoms with E-state index in [0.29, 0.717) is 11.6 Å². The lowest BCUT2D eigenvalue weighted by Crippen LogP contribution is -2.11. The van der Waals surface area contributed by atoms with Crippen LogP contribution >= 0.6 is 34.7 Å². The molecule has 0 bridgehead atoms. The van der Waals surface area contributed by atoms with Gasteiger partial charge in [-0.1, -0.05) is 29.9 Å². The molecular formula is C14H16ClN3OS2. The first-order valence-corrected chi connectivity index (χ1v) is 8.86. The highest BCUT2D eigenvalue weighted by molar-refractivity contribution is 7.99. The number of aromatic nitrogens is 2. The molecule has 1 heterocycles. The number of thioether (sulfide) groups is 1. The van der Waals surface area contributed by atoms with Crippen LogP contribution < -0.4 is 5.32 Å². The number of amides is 1. The summed E-state index contributed by atoms with van der Waals surface area (Å²) in [6.07, 6.45) is 2.14. The molecule has 0 saturated heterocycles. The molecule has 1 aromatic heterocycles. The summed E-state index contributed by atoms with van der Waals surface area (Å²) in [5.74, 6) is 0.885. The number of carbonyl (C=O) groups excluding carboxylic acids is 1. The van der Waals surface area contributed by atoms with Crippen molar-refractivity contribution in [3.8, 4) is 0 Å². The van der Waals surface area contributed by atoms with E-state index in [1.54, 1.807) is 11.8 Å². The molecule has 0 aliphatic rings. The maximum atomic E-state index is 11.8. The van der Waals surface area contributed by atoms with Crippen LogP contribution in [0.15, 0.2) is 29.2 Å². The molecule has 0 unspecified atom stereocenters. The zero-order valence-corrected chi connectivity index (χ0v) is 14.0. The maximum Gasteiger partial charge on any atom is 0.226 e. The highest BCUT2D eigenvalue weighted by Gasteiger charge is 2.07. The van der Waals surface area contributed by atoms with Crippen LogP contribution in [0.25, 0.3) is 0 Å². The molecule has 1 N–H and O–H groups in total. The van der Waals surface area contributed by atoms with Crippen molar-refractivity contribution in [3.63, 3.8) is 0 Å². The monoisotopic (exact) mass is 341 g/mol. The van der Waals surface area contributed by atoms with Crippen molar-refractivity contribution < 1.29 is 4.79 Å². The summed E-state index contributed by atoms with van der Waals surface area (Å²) >= 11 is 8.98. The highest BCUT2D eigenvalue weighted by Crippen LogP contribution is 2.21. The average Bonchev–Trinajstić information content (AvgIpc) is 2.93. The fourth-order valence-corrected chi connectivity index (χ4v) is 3.26. The standard InChI is InChI=1S/C14H16ClN3OS2/c1-2-13-17-18-14(21-13)16-12(19)4-3-9-20-11-7-5-10(15)6-8-11/h5-8H,2-4,9H2,1H3,(H,16,18,19). The van der Waals surface area contributed by atoms with Gasteiger partial charge in [0.25, 0.3) is 0 Å². The molecule has 1 amide bonds. The van der Waals surface area contributed by atoms with Crippen LogP contribution in [-0.4, -0.2) is 21.9 Å². The first kappa shape index (κ1) is 16.3. The third kappa shape index (κ3) is 5.65. The summed E-state index contributed by atoms with van der Waals surface area (Å²) in [4.78, 5) is 12.9. The van der Waals surface area contributed by atoms with E-state index >= 15 is 0 Å². The lowest BCUT2D eigenvalue weighted by atomic mass is 10.3. The Morgan fingerprint density at radius 1 is 1.33 bits per heavy atom. The van der Waals surface area contributed by atoms with Crippen LogP contribution in [0.5, 0.6) is 0 Å². The number of hydrogen-bond donors (Lipinski definition) is 1. The lowest BCUT2D eigenvalue weighted by Gasteiger charge is -2.02. The van der Waals surface area contributed by atoms with Gasteiger partial charge in [-0.2, -0.15) is 0 Å². The van der Waals surface area contributed by atoms with Crippen molar-refractivity contribution in [2.45, 2.75) is 31.1 Å². The van der Waals surface area contributed by atoms with Crippen molar-refractivity contribution in [2.75, 3.05) is 11.1 Å². The molecule has 0 aliphatic heterocycles. The molecule has 0 saturated carbocycles. The van der Waals surface area contributed by atoms with E-state index < -0.39 is 0 Å². The molecule has 2 aromatic rings. The normalized spacial score (nSPS) is 10.6. The molecule has 112 valence electrons. The Balaban J connectivity index is 1.66. The third-order valence-corrected chi connectivity index (χ3v) is 4.98. The van der Waals surface area contributed by atoms with Gasteiger partial charge in [0, 0.05) is 16.3 Å². The molecule has 0 atom stereocenters. The van der Waals surface area contributed by atoms with Gasteiger partial charge >= 0.3 is 0 Å². The number of hydrogen-bond acceptors (Lipinski definition) is 5. The number of aryl methyl sites for hydroxylation is 1. The van der Waals surface area contributed by atoms with Crippen molar-refractivity contribution in [1.82, 2.24) is 10.2 Å². The Kier molecular flexibility index (Phi) is 6.48. The van der Waals surface area contributed by atoms with Gasteiger partial charge in [-0.05, 0) is 42.9 Å². The number of carbonyl (C=O) groups is 1. The number of rotatable bonds is 7. The Labute approximate surface area is 137 Å². The van der Waals surface area contributed by atoms with Gasteiger partial charge in [0.1, 0.15) is 5.01 Å². The van der Waals surface area contributed by atoms with Gasteiger partial charge in [0.15, 0.2) is 0 Å².